The number of oxime groups is 1. The Bertz CT molecular complexity index is 669. The van der Waals surface area contributed by atoms with Crippen molar-refractivity contribution in [2.45, 2.75) is 57.3 Å². The zero-order valence-electron chi connectivity index (χ0n) is 11.8. The summed E-state index contributed by atoms with van der Waals surface area (Å²) in [5.74, 6) is 0.955. The molecule has 1 aliphatic heterocycles. The van der Waals surface area contributed by atoms with Crippen LogP contribution in [0.1, 0.15) is 56.0 Å². The molecule has 1 aromatic heterocycles. The molecule has 3 rings (SSSR count). The molecule has 110 valence electrons. The molecule has 0 unspecified atom stereocenters. The summed E-state index contributed by atoms with van der Waals surface area (Å²) in [6.45, 7) is 5.41. The molecule has 0 N–H and O–H groups in total. The van der Waals surface area contributed by atoms with Crippen LogP contribution in [0.2, 0.25) is 0 Å². The van der Waals surface area contributed by atoms with Gasteiger partial charge in [0.15, 0.2) is 14.9 Å². The van der Waals surface area contributed by atoms with E-state index in [-0.39, 0.29) is 10.8 Å². The van der Waals surface area contributed by atoms with E-state index in [1.165, 1.54) is 0 Å². The number of nitrogens with zero attached hydrogens (tertiary/aromatic N) is 2. The van der Waals surface area contributed by atoms with E-state index in [2.05, 4.69) is 10.3 Å². The molecule has 0 amide bonds. The van der Waals surface area contributed by atoms with Crippen molar-refractivity contribution in [3.8, 4) is 0 Å². The second-order valence-electron chi connectivity index (χ2n) is 6.16. The fourth-order valence-corrected chi connectivity index (χ4v) is 3.91. The average molecular weight is 298 g/mol. The van der Waals surface area contributed by atoms with Crippen LogP contribution in [0.15, 0.2) is 9.68 Å². The van der Waals surface area contributed by atoms with E-state index in [0.717, 1.165) is 18.6 Å². The summed E-state index contributed by atoms with van der Waals surface area (Å²) in [5.41, 5.74) is 0.792. The second kappa shape index (κ2) is 4.31. The minimum Gasteiger partial charge on any atom is -0.389 e. The molecular formula is C13H18N2O4S. The Morgan fingerprint density at radius 2 is 2.05 bits per heavy atom. The third kappa shape index (κ3) is 2.46. The number of hydrogen-bond acceptors (Lipinski definition) is 6. The fourth-order valence-electron chi connectivity index (χ4n) is 2.29. The van der Waals surface area contributed by atoms with Gasteiger partial charge in [0, 0.05) is 17.9 Å². The summed E-state index contributed by atoms with van der Waals surface area (Å²) in [7, 11) is -3.48. The summed E-state index contributed by atoms with van der Waals surface area (Å²) >= 11 is 0. The summed E-state index contributed by atoms with van der Waals surface area (Å²) in [5, 5.41) is 7.76. The maximum atomic E-state index is 12.5. The van der Waals surface area contributed by atoms with Gasteiger partial charge in [-0.2, -0.15) is 0 Å². The van der Waals surface area contributed by atoms with Crippen LogP contribution in [-0.2, 0) is 20.4 Å². The first-order valence-corrected chi connectivity index (χ1v) is 8.36. The van der Waals surface area contributed by atoms with Gasteiger partial charge in [-0.1, -0.05) is 10.3 Å². The molecule has 1 fully saturated rings. The van der Waals surface area contributed by atoms with Crippen molar-refractivity contribution in [2.24, 2.45) is 5.16 Å². The van der Waals surface area contributed by atoms with Gasteiger partial charge in [-0.15, -0.1) is 0 Å². The molecule has 0 bridgehead atoms. The molecule has 0 spiro atoms. The standard InChI is InChI=1S/C13H18N2O4S/c1-8-10(12(18-14-8)9-4-5-9)7-20(16,17)11-6-13(2,3)19-15-11/h9H,4-7H2,1-3H3. The van der Waals surface area contributed by atoms with Gasteiger partial charge in [0.05, 0.1) is 11.4 Å². The normalized spacial score (nSPS) is 21.6. The highest BCUT2D eigenvalue weighted by molar-refractivity contribution is 8.05. The van der Waals surface area contributed by atoms with Gasteiger partial charge in [0.2, 0.25) is 0 Å². The summed E-state index contributed by atoms with van der Waals surface area (Å²) in [6.07, 6.45) is 2.38. The van der Waals surface area contributed by atoms with Crippen molar-refractivity contribution in [3.63, 3.8) is 0 Å². The maximum absolute atomic E-state index is 12.5. The van der Waals surface area contributed by atoms with Crippen LogP contribution in [0.4, 0.5) is 0 Å². The number of aryl methyl sites for hydroxylation is 1. The van der Waals surface area contributed by atoms with Gasteiger partial charge < -0.3 is 9.36 Å². The summed E-state index contributed by atoms with van der Waals surface area (Å²) in [4.78, 5) is 5.15. The van der Waals surface area contributed by atoms with E-state index in [1.54, 1.807) is 6.92 Å². The van der Waals surface area contributed by atoms with Gasteiger partial charge in [-0.05, 0) is 33.6 Å². The van der Waals surface area contributed by atoms with Gasteiger partial charge in [-0.3, -0.25) is 0 Å². The van der Waals surface area contributed by atoms with E-state index in [1.807, 2.05) is 13.8 Å². The van der Waals surface area contributed by atoms with Crippen molar-refractivity contribution in [1.29, 1.82) is 0 Å². The predicted molar refractivity (Wildman–Crippen MR) is 73.1 cm³/mol. The van der Waals surface area contributed by atoms with Crippen molar-refractivity contribution in [1.82, 2.24) is 5.16 Å². The molecule has 0 radical (unpaired) electrons. The van der Waals surface area contributed by atoms with Crippen LogP contribution < -0.4 is 0 Å². The molecule has 1 aromatic rings. The second-order valence-corrected chi connectivity index (χ2v) is 8.15. The van der Waals surface area contributed by atoms with Gasteiger partial charge >= 0.3 is 0 Å². The Morgan fingerprint density at radius 1 is 1.35 bits per heavy atom. The van der Waals surface area contributed by atoms with E-state index in [0.29, 0.717) is 23.6 Å². The first-order chi connectivity index (χ1) is 9.28. The molecule has 20 heavy (non-hydrogen) atoms. The summed E-state index contributed by atoms with van der Waals surface area (Å²) < 4.78 is 30.2. The minimum absolute atomic E-state index is 0.105. The molecule has 1 aliphatic carbocycles. The zero-order chi connectivity index (χ0) is 14.5. The van der Waals surface area contributed by atoms with Gasteiger partial charge in [0.25, 0.3) is 0 Å². The lowest BCUT2D eigenvalue weighted by Crippen LogP contribution is -2.23. The lowest BCUT2D eigenvalue weighted by atomic mass is 10.1. The molecule has 1 saturated carbocycles. The van der Waals surface area contributed by atoms with Crippen LogP contribution in [0.5, 0.6) is 0 Å². The predicted octanol–water partition coefficient (Wildman–Crippen LogP) is 2.29. The maximum Gasteiger partial charge on any atom is 0.199 e. The first-order valence-electron chi connectivity index (χ1n) is 6.71. The van der Waals surface area contributed by atoms with E-state index in [9.17, 15) is 8.42 Å². The Labute approximate surface area is 118 Å². The van der Waals surface area contributed by atoms with Crippen molar-refractivity contribution in [2.75, 3.05) is 0 Å². The van der Waals surface area contributed by atoms with Crippen LogP contribution >= 0.6 is 0 Å². The average Bonchev–Trinajstić information content (AvgIpc) is 3.03. The Kier molecular flexibility index (Phi) is 2.93. The minimum atomic E-state index is -3.48. The molecule has 0 atom stereocenters. The van der Waals surface area contributed by atoms with Crippen molar-refractivity contribution in [3.05, 3.63) is 17.0 Å². The molecule has 7 heteroatoms. The Morgan fingerprint density at radius 3 is 2.60 bits per heavy atom. The molecule has 2 heterocycles. The SMILES string of the molecule is Cc1noc(C2CC2)c1CS(=O)(=O)C1=NOC(C)(C)C1. The number of hydrogen-bond donors (Lipinski definition) is 0. The van der Waals surface area contributed by atoms with Crippen LogP contribution in [0.25, 0.3) is 0 Å². The monoisotopic (exact) mass is 298 g/mol. The highest BCUT2D eigenvalue weighted by atomic mass is 32.2. The van der Waals surface area contributed by atoms with Crippen LogP contribution in [0, 0.1) is 6.92 Å². The molecule has 6 nitrogen and oxygen atoms in total. The lowest BCUT2D eigenvalue weighted by Gasteiger charge is -2.13. The molecule has 2 aliphatic rings. The van der Waals surface area contributed by atoms with E-state index in [4.69, 9.17) is 9.36 Å². The number of aromatic nitrogens is 1. The highest BCUT2D eigenvalue weighted by Gasteiger charge is 2.38. The number of sulfone groups is 1. The third-order valence-corrected chi connectivity index (χ3v) is 5.23. The van der Waals surface area contributed by atoms with Crippen LogP contribution in [-0.4, -0.2) is 24.2 Å². The van der Waals surface area contributed by atoms with E-state index < -0.39 is 15.4 Å². The third-order valence-electron chi connectivity index (χ3n) is 3.63. The first kappa shape index (κ1) is 13.6. The quantitative estimate of drug-likeness (QED) is 0.855. The largest absolute Gasteiger partial charge is 0.389 e. The fraction of sp³-hybridized carbons (Fsp3) is 0.692. The Hall–Kier alpha value is -1.37. The zero-order valence-corrected chi connectivity index (χ0v) is 12.7. The molecule has 0 aromatic carbocycles. The topological polar surface area (TPSA) is 81.8 Å². The van der Waals surface area contributed by atoms with E-state index >= 15 is 0 Å². The smallest absolute Gasteiger partial charge is 0.199 e. The van der Waals surface area contributed by atoms with Crippen molar-refractivity contribution < 1.29 is 17.8 Å². The molecular weight excluding hydrogens is 280 g/mol. The number of rotatable bonds is 3. The van der Waals surface area contributed by atoms with Crippen molar-refractivity contribution >= 4 is 14.9 Å². The Balaban J connectivity index is 1.86. The van der Waals surface area contributed by atoms with Crippen LogP contribution in [0.3, 0.4) is 0 Å². The molecule has 0 saturated heterocycles. The summed E-state index contributed by atoms with van der Waals surface area (Å²) in [6, 6.07) is 0. The lowest BCUT2D eigenvalue weighted by molar-refractivity contribution is 0.0123. The highest BCUT2D eigenvalue weighted by Crippen LogP contribution is 2.43. The van der Waals surface area contributed by atoms with Gasteiger partial charge in [-0.25, -0.2) is 8.42 Å². The van der Waals surface area contributed by atoms with Gasteiger partial charge in [0.1, 0.15) is 11.4 Å².